The van der Waals surface area contributed by atoms with Crippen molar-refractivity contribution in [3.63, 3.8) is 0 Å². The average molecular weight is 464 g/mol. The first-order valence-corrected chi connectivity index (χ1v) is 9.24. The Bertz CT molecular complexity index is 593. The van der Waals surface area contributed by atoms with Gasteiger partial charge in [0.1, 0.15) is 0 Å². The van der Waals surface area contributed by atoms with Crippen molar-refractivity contribution in [1.82, 2.24) is 15.2 Å². The SMILES string of the molecule is CN=C(NCc1csc(C(C)C)n1)N(C)CCc1cccs1.I. The molecule has 0 fully saturated rings. The fraction of sp³-hybridized carbons (Fsp3) is 0.500. The summed E-state index contributed by atoms with van der Waals surface area (Å²) in [6, 6.07) is 4.28. The summed E-state index contributed by atoms with van der Waals surface area (Å²) in [6.45, 7) is 6.02. The molecule has 0 spiro atoms. The van der Waals surface area contributed by atoms with Crippen molar-refractivity contribution < 1.29 is 0 Å². The van der Waals surface area contributed by atoms with E-state index in [1.165, 1.54) is 9.88 Å². The van der Waals surface area contributed by atoms with Crippen LogP contribution in [0.4, 0.5) is 0 Å². The molecule has 0 aliphatic heterocycles. The lowest BCUT2D eigenvalue weighted by Crippen LogP contribution is -2.39. The van der Waals surface area contributed by atoms with E-state index in [0.717, 1.165) is 31.2 Å². The minimum Gasteiger partial charge on any atom is -0.351 e. The highest BCUT2D eigenvalue weighted by Crippen LogP contribution is 2.19. The molecule has 0 amide bonds. The van der Waals surface area contributed by atoms with Gasteiger partial charge in [0.05, 0.1) is 17.2 Å². The summed E-state index contributed by atoms with van der Waals surface area (Å²) in [7, 11) is 3.90. The molecule has 0 unspecified atom stereocenters. The molecule has 128 valence electrons. The van der Waals surface area contributed by atoms with Crippen molar-refractivity contribution in [2.24, 2.45) is 4.99 Å². The van der Waals surface area contributed by atoms with E-state index in [0.29, 0.717) is 5.92 Å². The number of guanidine groups is 1. The number of likely N-dealkylation sites (N-methyl/N-ethyl adjacent to an activating group) is 1. The molecule has 0 bridgehead atoms. The maximum absolute atomic E-state index is 4.65. The van der Waals surface area contributed by atoms with Crippen LogP contribution in [0.1, 0.15) is 35.3 Å². The molecule has 23 heavy (non-hydrogen) atoms. The van der Waals surface area contributed by atoms with Crippen LogP contribution < -0.4 is 5.32 Å². The van der Waals surface area contributed by atoms with Gasteiger partial charge < -0.3 is 10.2 Å². The van der Waals surface area contributed by atoms with E-state index in [-0.39, 0.29) is 24.0 Å². The third-order valence-electron chi connectivity index (χ3n) is 3.34. The summed E-state index contributed by atoms with van der Waals surface area (Å²) in [5.41, 5.74) is 1.08. The third kappa shape index (κ3) is 6.39. The van der Waals surface area contributed by atoms with Crippen LogP contribution in [0, 0.1) is 0 Å². The minimum absolute atomic E-state index is 0. The fourth-order valence-electron chi connectivity index (χ4n) is 2.06. The Morgan fingerprint density at radius 1 is 1.39 bits per heavy atom. The van der Waals surface area contributed by atoms with Gasteiger partial charge in [0.25, 0.3) is 0 Å². The maximum atomic E-state index is 4.65. The summed E-state index contributed by atoms with van der Waals surface area (Å²) >= 11 is 3.53. The summed E-state index contributed by atoms with van der Waals surface area (Å²) in [4.78, 5) is 12.6. The average Bonchev–Trinajstić information content (AvgIpc) is 3.17. The maximum Gasteiger partial charge on any atom is 0.193 e. The van der Waals surface area contributed by atoms with Crippen LogP contribution in [0.25, 0.3) is 0 Å². The highest BCUT2D eigenvalue weighted by Gasteiger charge is 2.09. The molecule has 0 aromatic carbocycles. The van der Waals surface area contributed by atoms with Crippen LogP contribution in [0.3, 0.4) is 0 Å². The van der Waals surface area contributed by atoms with Gasteiger partial charge in [-0.15, -0.1) is 46.7 Å². The quantitative estimate of drug-likeness (QED) is 0.396. The Hall–Kier alpha value is -0.670. The zero-order valence-corrected chi connectivity index (χ0v) is 18.0. The zero-order chi connectivity index (χ0) is 15.9. The molecule has 2 aromatic rings. The van der Waals surface area contributed by atoms with Gasteiger partial charge in [-0.05, 0) is 17.9 Å². The highest BCUT2D eigenvalue weighted by atomic mass is 127. The molecule has 0 saturated heterocycles. The lowest BCUT2D eigenvalue weighted by Gasteiger charge is -2.21. The Labute approximate surface area is 164 Å². The van der Waals surface area contributed by atoms with Crippen molar-refractivity contribution in [3.8, 4) is 0 Å². The van der Waals surface area contributed by atoms with E-state index in [1.807, 2.05) is 7.05 Å². The number of aromatic nitrogens is 1. The molecule has 2 rings (SSSR count). The minimum atomic E-state index is 0. The number of aliphatic imine (C=N–C) groups is 1. The number of thiophene rings is 1. The summed E-state index contributed by atoms with van der Waals surface area (Å²) < 4.78 is 0. The van der Waals surface area contributed by atoms with Crippen LogP contribution in [-0.2, 0) is 13.0 Å². The molecule has 4 nitrogen and oxygen atoms in total. The second kappa shape index (κ2) is 10.2. The molecular weight excluding hydrogens is 439 g/mol. The number of nitrogens with one attached hydrogen (secondary N) is 1. The first-order chi connectivity index (χ1) is 10.6. The standard InChI is InChI=1S/C16H24N4S2.HI/c1-12(2)15-19-13(11-22-15)10-18-16(17-3)20(4)8-7-14-6-5-9-21-14;/h5-6,9,11-12H,7-8,10H2,1-4H3,(H,17,18);1H. The largest absolute Gasteiger partial charge is 0.351 e. The molecule has 0 atom stereocenters. The van der Waals surface area contributed by atoms with E-state index in [2.05, 4.69) is 64.0 Å². The molecule has 0 saturated carbocycles. The number of thiazole rings is 1. The van der Waals surface area contributed by atoms with Crippen molar-refractivity contribution >= 4 is 52.6 Å². The van der Waals surface area contributed by atoms with Crippen LogP contribution in [0.15, 0.2) is 27.9 Å². The molecule has 1 N–H and O–H groups in total. The van der Waals surface area contributed by atoms with Gasteiger partial charge in [0, 0.05) is 36.8 Å². The van der Waals surface area contributed by atoms with Crippen molar-refractivity contribution in [2.45, 2.75) is 32.7 Å². The Morgan fingerprint density at radius 3 is 2.74 bits per heavy atom. The normalized spacial score (nSPS) is 11.4. The lowest BCUT2D eigenvalue weighted by atomic mass is 10.2. The topological polar surface area (TPSA) is 40.5 Å². The van der Waals surface area contributed by atoms with Crippen molar-refractivity contribution in [3.05, 3.63) is 38.5 Å². The fourth-order valence-corrected chi connectivity index (χ4v) is 3.60. The van der Waals surface area contributed by atoms with Crippen molar-refractivity contribution in [1.29, 1.82) is 0 Å². The van der Waals surface area contributed by atoms with Gasteiger partial charge in [-0.25, -0.2) is 4.98 Å². The first-order valence-electron chi connectivity index (χ1n) is 7.48. The summed E-state index contributed by atoms with van der Waals surface area (Å²) in [6.07, 6.45) is 1.04. The van der Waals surface area contributed by atoms with E-state index >= 15 is 0 Å². The van der Waals surface area contributed by atoms with Crippen LogP contribution >= 0.6 is 46.7 Å². The van der Waals surface area contributed by atoms with E-state index in [4.69, 9.17) is 0 Å². The predicted molar refractivity (Wildman–Crippen MR) is 112 cm³/mol. The molecule has 0 aliphatic carbocycles. The van der Waals surface area contributed by atoms with Crippen LogP contribution in [0.2, 0.25) is 0 Å². The second-order valence-electron chi connectivity index (χ2n) is 5.48. The first kappa shape index (κ1) is 20.4. The monoisotopic (exact) mass is 464 g/mol. The molecule has 7 heteroatoms. The van der Waals surface area contributed by atoms with Gasteiger partial charge in [0.15, 0.2) is 5.96 Å². The Balaban J connectivity index is 0.00000264. The van der Waals surface area contributed by atoms with E-state index in [1.54, 1.807) is 22.7 Å². The van der Waals surface area contributed by atoms with Gasteiger partial charge in [0.2, 0.25) is 0 Å². The second-order valence-corrected chi connectivity index (χ2v) is 7.41. The smallest absolute Gasteiger partial charge is 0.193 e. The van der Waals surface area contributed by atoms with E-state index in [9.17, 15) is 0 Å². The molecule has 2 aromatic heterocycles. The lowest BCUT2D eigenvalue weighted by molar-refractivity contribution is 0.486. The predicted octanol–water partition coefficient (Wildman–Crippen LogP) is 4.20. The molecule has 2 heterocycles. The van der Waals surface area contributed by atoms with Crippen LogP contribution in [0.5, 0.6) is 0 Å². The number of rotatable bonds is 6. The summed E-state index contributed by atoms with van der Waals surface area (Å²) in [5, 5.41) is 8.83. The molecule has 0 radical (unpaired) electrons. The zero-order valence-electron chi connectivity index (χ0n) is 14.1. The van der Waals surface area contributed by atoms with Crippen molar-refractivity contribution in [2.75, 3.05) is 20.6 Å². The number of halogens is 1. The summed E-state index contributed by atoms with van der Waals surface area (Å²) in [5.74, 6) is 1.40. The van der Waals surface area contributed by atoms with Gasteiger partial charge in [-0.2, -0.15) is 0 Å². The Morgan fingerprint density at radius 2 is 2.17 bits per heavy atom. The van der Waals surface area contributed by atoms with Gasteiger partial charge >= 0.3 is 0 Å². The number of hydrogen-bond donors (Lipinski definition) is 1. The number of nitrogens with zero attached hydrogens (tertiary/aromatic N) is 3. The molecular formula is C16H25IN4S2. The van der Waals surface area contributed by atoms with Crippen LogP contribution in [-0.4, -0.2) is 36.5 Å². The van der Waals surface area contributed by atoms with Gasteiger partial charge in [-0.1, -0.05) is 19.9 Å². The number of hydrogen-bond acceptors (Lipinski definition) is 4. The Kier molecular flexibility index (Phi) is 9.08. The van der Waals surface area contributed by atoms with E-state index < -0.39 is 0 Å². The van der Waals surface area contributed by atoms with Gasteiger partial charge in [-0.3, -0.25) is 4.99 Å². The highest BCUT2D eigenvalue weighted by molar-refractivity contribution is 14.0. The molecule has 0 aliphatic rings. The third-order valence-corrected chi connectivity index (χ3v) is 5.47.